The fourth-order valence-corrected chi connectivity index (χ4v) is 9.64. The number of pyridine rings is 1. The molecule has 4 fully saturated rings. The van der Waals surface area contributed by atoms with Crippen LogP contribution in [0, 0.1) is 11.3 Å². The van der Waals surface area contributed by atoms with Crippen LogP contribution in [0.25, 0.3) is 0 Å². The predicted molar refractivity (Wildman–Crippen MR) is 133 cm³/mol. The maximum Gasteiger partial charge on any atom is 0.0975 e. The van der Waals surface area contributed by atoms with E-state index in [1.807, 2.05) is 6.20 Å². The molecule has 5 heterocycles. The number of hydrogen-bond donors (Lipinski definition) is 0. The first-order valence-electron chi connectivity index (χ1n) is 14.1. The lowest BCUT2D eigenvalue weighted by Crippen LogP contribution is -2.58. The smallest absolute Gasteiger partial charge is 0.0975 e. The second kappa shape index (κ2) is 7.05. The number of aromatic nitrogens is 1. The van der Waals surface area contributed by atoms with Crippen molar-refractivity contribution in [2.24, 2.45) is 11.3 Å². The molecule has 2 bridgehead atoms. The van der Waals surface area contributed by atoms with Crippen LogP contribution in [0.4, 0.5) is 0 Å². The minimum absolute atomic E-state index is 0.0165. The topological polar surface area (TPSA) is 28.6 Å². The number of rotatable bonds is 2. The molecule has 8 rings (SSSR count). The molecule has 3 aliphatic carbocycles. The lowest BCUT2D eigenvalue weighted by molar-refractivity contribution is -0.147. The maximum atomic E-state index is 7.51. The van der Waals surface area contributed by atoms with Crippen LogP contribution in [-0.4, -0.2) is 57.7 Å². The highest BCUT2D eigenvalue weighted by Crippen LogP contribution is 2.67. The molecule has 0 amide bonds. The third-order valence-corrected chi connectivity index (χ3v) is 11.5. The van der Waals surface area contributed by atoms with E-state index in [9.17, 15) is 0 Å². The fraction of sp³-hybridized carbons (Fsp3) is 0.700. The van der Waals surface area contributed by atoms with Crippen LogP contribution >= 0.6 is 0 Å². The van der Waals surface area contributed by atoms with Gasteiger partial charge in [-0.1, -0.05) is 19.1 Å². The van der Waals surface area contributed by atoms with E-state index in [1.54, 1.807) is 11.1 Å². The van der Waals surface area contributed by atoms with Gasteiger partial charge in [-0.05, 0) is 117 Å². The van der Waals surface area contributed by atoms with E-state index in [4.69, 9.17) is 4.74 Å². The number of nitrogens with zero attached hydrogens (tertiary/aromatic N) is 3. The number of hydrogen-bond acceptors (Lipinski definition) is 4. The standard InChI is InChI=1S/C30H39N3O/c1-28-10-7-24-17-23-3-4-25(32-14-2-15-32)18-29(23)11-12-30(24,34-29)26(28)5-6-27(28)33-16-9-21-8-13-31-19-22(21)20-33/h7-8,13,17,19,25-27H,2-6,9-12,14-16,18,20H2,1H3/t25-,26+,27-,28-,29+,30+/m0/s1. The second-order valence-electron chi connectivity index (χ2n) is 12.8. The van der Waals surface area contributed by atoms with Crippen molar-refractivity contribution in [1.29, 1.82) is 0 Å². The molecule has 0 radical (unpaired) electrons. The van der Waals surface area contributed by atoms with Crippen LogP contribution in [0.2, 0.25) is 0 Å². The van der Waals surface area contributed by atoms with E-state index in [-0.39, 0.29) is 11.2 Å². The molecule has 1 aromatic rings. The van der Waals surface area contributed by atoms with Crippen LogP contribution in [0.15, 0.2) is 41.8 Å². The van der Waals surface area contributed by atoms with Gasteiger partial charge in [0.2, 0.25) is 0 Å². The Hall–Kier alpha value is -1.49. The van der Waals surface area contributed by atoms with E-state index in [0.717, 1.165) is 12.6 Å². The summed E-state index contributed by atoms with van der Waals surface area (Å²) < 4.78 is 7.51. The Morgan fingerprint density at radius 3 is 2.85 bits per heavy atom. The number of ether oxygens (including phenoxy) is 1. The second-order valence-corrected chi connectivity index (χ2v) is 12.8. The van der Waals surface area contributed by atoms with Gasteiger partial charge in [-0.3, -0.25) is 9.88 Å². The highest BCUT2D eigenvalue weighted by molar-refractivity contribution is 5.47. The van der Waals surface area contributed by atoms with Crippen LogP contribution in [0.1, 0.15) is 75.8 Å². The van der Waals surface area contributed by atoms with Gasteiger partial charge in [0.15, 0.2) is 0 Å². The van der Waals surface area contributed by atoms with Crippen molar-refractivity contribution < 1.29 is 4.74 Å². The Balaban J connectivity index is 1.11. The molecule has 7 aliphatic rings. The summed E-state index contributed by atoms with van der Waals surface area (Å²) in [5, 5.41) is 0. The van der Waals surface area contributed by atoms with Gasteiger partial charge >= 0.3 is 0 Å². The maximum absolute atomic E-state index is 7.51. The van der Waals surface area contributed by atoms with E-state index in [0.29, 0.717) is 17.4 Å². The zero-order chi connectivity index (χ0) is 22.5. The molecule has 1 aromatic heterocycles. The SMILES string of the molecule is C[C@]12CC=C3C=C4CC[C@H](N5CCC5)C[C@]45CC[C@]3(O5)[C@@H]1CC[C@@H]2N1CCc2ccncc2C1. The molecule has 34 heavy (non-hydrogen) atoms. The largest absolute Gasteiger partial charge is 0.359 e. The molecule has 4 heteroatoms. The van der Waals surface area contributed by atoms with Crippen molar-refractivity contribution in [2.45, 2.75) is 101 Å². The molecule has 6 atom stereocenters. The molecule has 2 spiro atoms. The van der Waals surface area contributed by atoms with Gasteiger partial charge < -0.3 is 9.64 Å². The van der Waals surface area contributed by atoms with E-state index in [1.165, 1.54) is 95.0 Å². The Kier molecular flexibility index (Phi) is 4.29. The number of allylic oxidation sites excluding steroid dienone is 1. The van der Waals surface area contributed by atoms with Crippen LogP contribution < -0.4 is 0 Å². The summed E-state index contributed by atoms with van der Waals surface area (Å²) in [5.41, 5.74) is 6.50. The Labute approximate surface area is 204 Å². The first-order chi connectivity index (χ1) is 16.6. The molecule has 2 saturated heterocycles. The fourth-order valence-electron chi connectivity index (χ4n) is 9.64. The quantitative estimate of drug-likeness (QED) is 0.622. The normalized spacial score (nSPS) is 45.4. The summed E-state index contributed by atoms with van der Waals surface area (Å²) in [5.74, 6) is 0.654. The molecular formula is C30H39N3O. The first-order valence-corrected chi connectivity index (χ1v) is 14.1. The average Bonchev–Trinajstić information content (AvgIpc) is 3.33. The predicted octanol–water partition coefficient (Wildman–Crippen LogP) is 5.04. The van der Waals surface area contributed by atoms with Crippen molar-refractivity contribution >= 4 is 0 Å². The molecule has 0 N–H and O–H groups in total. The van der Waals surface area contributed by atoms with Gasteiger partial charge in [-0.25, -0.2) is 0 Å². The van der Waals surface area contributed by atoms with E-state index < -0.39 is 0 Å². The van der Waals surface area contributed by atoms with Gasteiger partial charge in [0.1, 0.15) is 0 Å². The summed E-state index contributed by atoms with van der Waals surface area (Å²) in [6, 6.07) is 3.64. The molecule has 0 aromatic carbocycles. The highest BCUT2D eigenvalue weighted by Gasteiger charge is 2.67. The van der Waals surface area contributed by atoms with Crippen LogP contribution in [-0.2, 0) is 17.7 Å². The summed E-state index contributed by atoms with van der Waals surface area (Å²) >= 11 is 0. The van der Waals surface area contributed by atoms with Crippen molar-refractivity contribution in [3.63, 3.8) is 0 Å². The van der Waals surface area contributed by atoms with Crippen molar-refractivity contribution in [1.82, 2.24) is 14.8 Å². The van der Waals surface area contributed by atoms with Gasteiger partial charge in [-0.2, -0.15) is 0 Å². The first kappa shape index (κ1) is 20.7. The Bertz CT molecular complexity index is 1090. The monoisotopic (exact) mass is 457 g/mol. The third-order valence-electron chi connectivity index (χ3n) is 11.5. The molecule has 180 valence electrons. The zero-order valence-electron chi connectivity index (χ0n) is 20.8. The van der Waals surface area contributed by atoms with Crippen molar-refractivity contribution in [3.8, 4) is 0 Å². The molecule has 4 nitrogen and oxygen atoms in total. The summed E-state index contributed by atoms with van der Waals surface area (Å²) in [6.45, 7) is 7.51. The van der Waals surface area contributed by atoms with E-state index in [2.05, 4.69) is 46.1 Å². The lowest BCUT2D eigenvalue weighted by Gasteiger charge is -2.56. The van der Waals surface area contributed by atoms with Crippen LogP contribution in [0.3, 0.4) is 0 Å². The van der Waals surface area contributed by atoms with Gasteiger partial charge in [0.05, 0.1) is 11.2 Å². The molecule has 2 saturated carbocycles. The summed E-state index contributed by atoms with van der Waals surface area (Å²) in [7, 11) is 0. The zero-order valence-corrected chi connectivity index (χ0v) is 20.8. The molecule has 0 unspecified atom stereocenters. The van der Waals surface area contributed by atoms with Gasteiger partial charge in [0.25, 0.3) is 0 Å². The Morgan fingerprint density at radius 2 is 1.97 bits per heavy atom. The number of likely N-dealkylation sites (tertiary alicyclic amines) is 1. The third kappa shape index (κ3) is 2.63. The van der Waals surface area contributed by atoms with Gasteiger partial charge in [0, 0.05) is 37.6 Å². The summed E-state index contributed by atoms with van der Waals surface area (Å²) in [4.78, 5) is 10.00. The minimum atomic E-state index is -0.0165. The number of fused-ring (bicyclic) bond motifs is 2. The Morgan fingerprint density at radius 1 is 1.03 bits per heavy atom. The molecular weight excluding hydrogens is 418 g/mol. The highest BCUT2D eigenvalue weighted by atomic mass is 16.5. The lowest BCUT2D eigenvalue weighted by atomic mass is 9.59. The van der Waals surface area contributed by atoms with Crippen LogP contribution in [0.5, 0.6) is 0 Å². The van der Waals surface area contributed by atoms with E-state index >= 15 is 0 Å². The average molecular weight is 458 g/mol. The van der Waals surface area contributed by atoms with Crippen molar-refractivity contribution in [2.75, 3.05) is 19.6 Å². The minimum Gasteiger partial charge on any atom is -0.359 e. The molecule has 4 aliphatic heterocycles. The summed E-state index contributed by atoms with van der Waals surface area (Å²) in [6.07, 6.45) is 22.1. The van der Waals surface area contributed by atoms with Crippen molar-refractivity contribution in [3.05, 3.63) is 52.9 Å². The van der Waals surface area contributed by atoms with Gasteiger partial charge in [-0.15, -0.1) is 0 Å².